The van der Waals surface area contributed by atoms with Gasteiger partial charge in [0, 0.05) is 24.1 Å². The Morgan fingerprint density at radius 2 is 1.79 bits per heavy atom. The van der Waals surface area contributed by atoms with Crippen LogP contribution in [0.15, 0.2) is 53.8 Å². The van der Waals surface area contributed by atoms with Crippen molar-refractivity contribution in [3.8, 4) is 23.0 Å². The molecule has 7 nitrogen and oxygen atoms in total. The molecule has 0 spiro atoms. The van der Waals surface area contributed by atoms with Gasteiger partial charge in [0.2, 0.25) is 15.0 Å². The molecule has 4 aromatic rings. The molecule has 4 rings (SSSR count). The summed E-state index contributed by atoms with van der Waals surface area (Å²) >= 11 is 12.3. The van der Waals surface area contributed by atoms with Gasteiger partial charge in [-0.1, -0.05) is 23.2 Å². The predicted molar refractivity (Wildman–Crippen MR) is 112 cm³/mol. The molecule has 0 saturated heterocycles. The van der Waals surface area contributed by atoms with E-state index in [0.717, 1.165) is 6.26 Å². The minimum atomic E-state index is -3.58. The molecule has 148 valence electrons. The van der Waals surface area contributed by atoms with E-state index in [1.165, 1.54) is 6.20 Å². The van der Waals surface area contributed by atoms with E-state index < -0.39 is 9.84 Å². The number of imidazole rings is 1. The highest BCUT2D eigenvalue weighted by Crippen LogP contribution is 2.33. The van der Waals surface area contributed by atoms with Crippen molar-refractivity contribution in [3.05, 3.63) is 58.7 Å². The normalized spacial score (nSPS) is 11.7. The fourth-order valence-electron chi connectivity index (χ4n) is 2.88. The third kappa shape index (κ3) is 3.66. The molecule has 0 fully saturated rings. The molecule has 0 aliphatic rings. The lowest BCUT2D eigenvalue weighted by atomic mass is 10.2. The Labute approximate surface area is 176 Å². The number of aromatic nitrogens is 4. The maximum Gasteiger partial charge on any atom is 0.248 e. The summed E-state index contributed by atoms with van der Waals surface area (Å²) in [6, 6.07) is 12.2. The van der Waals surface area contributed by atoms with E-state index >= 15 is 0 Å². The van der Waals surface area contributed by atoms with Crippen LogP contribution in [0.4, 0.5) is 0 Å². The number of hydrogen-bond acceptors (Lipinski definition) is 6. The molecule has 0 aliphatic carbocycles. The molecule has 0 amide bonds. The van der Waals surface area contributed by atoms with Crippen LogP contribution in [0.5, 0.6) is 5.75 Å². The molecule has 29 heavy (non-hydrogen) atoms. The third-order valence-corrected chi connectivity index (χ3v) is 5.82. The summed E-state index contributed by atoms with van der Waals surface area (Å²) in [5.74, 6) is 1.52. The third-order valence-electron chi connectivity index (χ3n) is 4.22. The number of ether oxygens (including phenoxy) is 1. The Morgan fingerprint density at radius 1 is 1.00 bits per heavy atom. The highest BCUT2D eigenvalue weighted by atomic mass is 35.5. The Balaban J connectivity index is 2.04. The number of methoxy groups -OCH3 is 1. The highest BCUT2D eigenvalue weighted by Gasteiger charge is 2.19. The van der Waals surface area contributed by atoms with Gasteiger partial charge < -0.3 is 4.74 Å². The molecule has 0 atom stereocenters. The van der Waals surface area contributed by atoms with Gasteiger partial charge in [-0.3, -0.25) is 4.57 Å². The number of benzene rings is 2. The fourth-order valence-corrected chi connectivity index (χ4v) is 3.69. The van der Waals surface area contributed by atoms with E-state index in [2.05, 4.69) is 9.97 Å². The van der Waals surface area contributed by atoms with Gasteiger partial charge in [0.05, 0.1) is 28.2 Å². The van der Waals surface area contributed by atoms with Crippen LogP contribution in [-0.4, -0.2) is 41.3 Å². The molecule has 0 saturated carbocycles. The molecule has 0 N–H and O–H groups in total. The minimum absolute atomic E-state index is 0.273. The Hall–Kier alpha value is -2.68. The van der Waals surface area contributed by atoms with Crippen LogP contribution in [0, 0.1) is 0 Å². The first-order valence-electron chi connectivity index (χ1n) is 8.33. The van der Waals surface area contributed by atoms with Gasteiger partial charge in [0.1, 0.15) is 17.4 Å². The second kappa shape index (κ2) is 7.29. The zero-order chi connectivity index (χ0) is 20.8. The summed E-state index contributed by atoms with van der Waals surface area (Å²) in [4.78, 5) is 12.8. The number of fused-ring (bicyclic) bond motifs is 1. The van der Waals surface area contributed by atoms with E-state index in [1.54, 1.807) is 48.1 Å². The first-order valence-corrected chi connectivity index (χ1v) is 11.0. The molecule has 0 radical (unpaired) electrons. The maximum atomic E-state index is 11.9. The number of halogens is 2. The second-order valence-electron chi connectivity index (χ2n) is 6.22. The minimum Gasteiger partial charge on any atom is -0.497 e. The number of sulfone groups is 1. The smallest absolute Gasteiger partial charge is 0.248 e. The van der Waals surface area contributed by atoms with Gasteiger partial charge in [-0.05, 0) is 36.4 Å². The quantitative estimate of drug-likeness (QED) is 0.434. The first kappa shape index (κ1) is 19.6. The maximum absolute atomic E-state index is 11.9. The molecule has 10 heteroatoms. The van der Waals surface area contributed by atoms with Crippen LogP contribution in [0.1, 0.15) is 0 Å². The molecule has 0 bridgehead atoms. The zero-order valence-corrected chi connectivity index (χ0v) is 17.6. The summed E-state index contributed by atoms with van der Waals surface area (Å²) in [7, 11) is -2.01. The van der Waals surface area contributed by atoms with Crippen molar-refractivity contribution in [1.82, 2.24) is 19.5 Å². The van der Waals surface area contributed by atoms with E-state index in [9.17, 15) is 8.42 Å². The van der Waals surface area contributed by atoms with Gasteiger partial charge in [0.25, 0.3) is 0 Å². The van der Waals surface area contributed by atoms with Crippen molar-refractivity contribution < 1.29 is 13.2 Å². The van der Waals surface area contributed by atoms with Gasteiger partial charge in [-0.2, -0.15) is 0 Å². The largest absolute Gasteiger partial charge is 0.497 e. The standard InChI is InChI=1S/C19H14Cl2N4O3S/c1-28-12-4-6-16-15(10-12)23-18(11-3-5-13(20)14(21)9-11)25(16)17-7-8-22-19(24-17)29(2,26)27/h3-10H,1-2H3. The van der Waals surface area contributed by atoms with E-state index in [4.69, 9.17) is 32.9 Å². The van der Waals surface area contributed by atoms with E-state index in [0.29, 0.717) is 44.0 Å². The van der Waals surface area contributed by atoms with Gasteiger partial charge in [-0.15, -0.1) is 0 Å². The van der Waals surface area contributed by atoms with Crippen LogP contribution in [0.3, 0.4) is 0 Å². The lowest BCUT2D eigenvalue weighted by molar-refractivity contribution is 0.415. The number of rotatable bonds is 4. The highest BCUT2D eigenvalue weighted by molar-refractivity contribution is 7.90. The fraction of sp³-hybridized carbons (Fsp3) is 0.105. The van der Waals surface area contributed by atoms with Crippen LogP contribution in [0.2, 0.25) is 10.0 Å². The predicted octanol–water partition coefficient (Wildman–Crippen LogP) is 4.20. The first-order chi connectivity index (χ1) is 13.8. The van der Waals surface area contributed by atoms with Gasteiger partial charge >= 0.3 is 0 Å². The molecule has 2 heterocycles. The topological polar surface area (TPSA) is 87.0 Å². The van der Waals surface area contributed by atoms with Crippen LogP contribution < -0.4 is 4.74 Å². The molecule has 2 aromatic heterocycles. The van der Waals surface area contributed by atoms with Gasteiger partial charge in [-0.25, -0.2) is 23.4 Å². The average Bonchev–Trinajstić information content (AvgIpc) is 3.08. The average molecular weight is 449 g/mol. The number of hydrogen-bond donors (Lipinski definition) is 0. The Morgan fingerprint density at radius 3 is 2.48 bits per heavy atom. The summed E-state index contributed by atoms with van der Waals surface area (Å²) < 4.78 is 30.9. The monoisotopic (exact) mass is 448 g/mol. The van der Waals surface area contributed by atoms with Crippen LogP contribution >= 0.6 is 23.2 Å². The van der Waals surface area contributed by atoms with Crippen molar-refractivity contribution in [3.63, 3.8) is 0 Å². The molecular formula is C19H14Cl2N4O3S. The van der Waals surface area contributed by atoms with E-state index in [-0.39, 0.29) is 5.16 Å². The molecule has 2 aromatic carbocycles. The molecular weight excluding hydrogens is 435 g/mol. The summed E-state index contributed by atoms with van der Waals surface area (Å²) in [6.45, 7) is 0. The van der Waals surface area contributed by atoms with Crippen LogP contribution in [0.25, 0.3) is 28.2 Å². The number of nitrogens with zero attached hydrogens (tertiary/aromatic N) is 4. The summed E-state index contributed by atoms with van der Waals surface area (Å²) in [5, 5.41) is 0.520. The van der Waals surface area contributed by atoms with Crippen molar-refractivity contribution in [1.29, 1.82) is 0 Å². The van der Waals surface area contributed by atoms with Crippen molar-refractivity contribution >= 4 is 44.1 Å². The molecule has 0 unspecified atom stereocenters. The van der Waals surface area contributed by atoms with Crippen LogP contribution in [-0.2, 0) is 9.84 Å². The Kier molecular flexibility index (Phi) is 4.94. The second-order valence-corrected chi connectivity index (χ2v) is 8.95. The Bertz CT molecular complexity index is 1350. The van der Waals surface area contributed by atoms with Gasteiger partial charge in [0.15, 0.2) is 0 Å². The lowest BCUT2D eigenvalue weighted by Gasteiger charge is -2.10. The summed E-state index contributed by atoms with van der Waals surface area (Å²) in [5.41, 5.74) is 2.05. The summed E-state index contributed by atoms with van der Waals surface area (Å²) in [6.07, 6.45) is 2.45. The zero-order valence-electron chi connectivity index (χ0n) is 15.3. The van der Waals surface area contributed by atoms with Crippen molar-refractivity contribution in [2.75, 3.05) is 13.4 Å². The van der Waals surface area contributed by atoms with Crippen molar-refractivity contribution in [2.24, 2.45) is 0 Å². The molecule has 0 aliphatic heterocycles. The van der Waals surface area contributed by atoms with Crippen molar-refractivity contribution in [2.45, 2.75) is 5.16 Å². The lowest BCUT2D eigenvalue weighted by Crippen LogP contribution is -2.08. The van der Waals surface area contributed by atoms with E-state index in [1.807, 2.05) is 6.07 Å². The SMILES string of the molecule is COc1ccc2c(c1)nc(-c1ccc(Cl)c(Cl)c1)n2-c1ccnc(S(C)(=O)=O)n1.